The van der Waals surface area contributed by atoms with E-state index in [0.717, 1.165) is 50.5 Å². The molecule has 1 unspecified atom stereocenters. The lowest BCUT2D eigenvalue weighted by Gasteiger charge is -2.48. The molecule has 0 bridgehead atoms. The molecule has 1 atom stereocenters. The molecule has 1 aromatic carbocycles. The third kappa shape index (κ3) is 6.49. The Morgan fingerprint density at radius 1 is 1.13 bits per heavy atom. The topological polar surface area (TPSA) is 3.24 Å². The number of rotatable bonds is 11. The first kappa shape index (κ1) is 28.7. The van der Waals surface area contributed by atoms with E-state index < -0.39 is 0 Å². The molecule has 0 aromatic heterocycles. The number of allylic oxidation sites excluding steroid dienone is 16. The predicted octanol–water partition coefficient (Wildman–Crippen LogP) is 10.6. The van der Waals surface area contributed by atoms with E-state index in [1.165, 1.54) is 52.0 Å². The molecule has 0 spiro atoms. The molecule has 3 aliphatic rings. The average Bonchev–Trinajstić information content (AvgIpc) is 3.17. The Balaban J connectivity index is 1.87. The van der Waals surface area contributed by atoms with Gasteiger partial charge in [0.05, 0.1) is 0 Å². The van der Waals surface area contributed by atoms with Crippen molar-refractivity contribution in [2.75, 3.05) is 4.81 Å². The zero-order valence-corrected chi connectivity index (χ0v) is 24.5. The molecule has 0 N–H and O–H groups in total. The fourth-order valence-corrected chi connectivity index (χ4v) is 6.35. The van der Waals surface area contributed by atoms with Crippen molar-refractivity contribution in [3.8, 4) is 0 Å². The molecule has 4 rings (SSSR count). The summed E-state index contributed by atoms with van der Waals surface area (Å²) >= 11 is 0. The van der Waals surface area contributed by atoms with E-state index in [9.17, 15) is 0 Å². The van der Waals surface area contributed by atoms with Crippen LogP contribution in [0.15, 0.2) is 132 Å². The highest BCUT2D eigenvalue weighted by Crippen LogP contribution is 2.50. The maximum Gasteiger partial charge on any atom is 0.301 e. The molecule has 0 radical (unpaired) electrons. The predicted molar refractivity (Wildman–Crippen MR) is 174 cm³/mol. The Hall–Kier alpha value is -3.26. The van der Waals surface area contributed by atoms with Gasteiger partial charge in [0.1, 0.15) is 0 Å². The van der Waals surface area contributed by atoms with E-state index in [0.29, 0.717) is 12.7 Å². The summed E-state index contributed by atoms with van der Waals surface area (Å²) in [4.78, 5) is 2.70. The third-order valence-corrected chi connectivity index (χ3v) is 8.12. The van der Waals surface area contributed by atoms with E-state index in [1.807, 2.05) is 6.08 Å². The van der Waals surface area contributed by atoms with Gasteiger partial charge in [0.2, 0.25) is 0 Å². The quantitative estimate of drug-likeness (QED) is 0.161. The minimum atomic E-state index is 0.306. The van der Waals surface area contributed by atoms with E-state index in [2.05, 4.69) is 118 Å². The largest absolute Gasteiger partial charge is 0.383 e. The highest BCUT2D eigenvalue weighted by atomic mass is 15.1. The summed E-state index contributed by atoms with van der Waals surface area (Å²) in [6.45, 7) is 15.1. The zero-order chi connectivity index (χ0) is 27.6. The minimum Gasteiger partial charge on any atom is -0.383 e. The van der Waals surface area contributed by atoms with Gasteiger partial charge in [-0.15, -0.1) is 6.58 Å². The van der Waals surface area contributed by atoms with Crippen molar-refractivity contribution in [1.29, 1.82) is 0 Å². The molecule has 1 aliphatic carbocycles. The van der Waals surface area contributed by atoms with Gasteiger partial charge in [0.15, 0.2) is 0 Å². The van der Waals surface area contributed by atoms with Crippen LogP contribution in [0.2, 0.25) is 5.82 Å². The molecule has 0 amide bonds. The number of hydrogen-bond donors (Lipinski definition) is 0. The summed E-state index contributed by atoms with van der Waals surface area (Å²) in [5.74, 6) is 0.389. The number of fused-ring (bicyclic) bond motifs is 5. The van der Waals surface area contributed by atoms with Crippen molar-refractivity contribution in [2.24, 2.45) is 0 Å². The second-order valence-electron chi connectivity index (χ2n) is 10.9. The average molecular weight is 516 g/mol. The van der Waals surface area contributed by atoms with Crippen LogP contribution >= 0.6 is 0 Å². The lowest BCUT2D eigenvalue weighted by molar-refractivity contribution is 0.850. The number of benzene rings is 1. The van der Waals surface area contributed by atoms with Crippen LogP contribution in [0, 0.1) is 0 Å². The molecular formula is C37H46BN. The second-order valence-corrected chi connectivity index (χ2v) is 10.9. The molecule has 0 saturated heterocycles. The van der Waals surface area contributed by atoms with E-state index in [4.69, 9.17) is 0 Å². The molecule has 0 saturated carbocycles. The number of para-hydroxylation sites is 1. The zero-order valence-electron chi connectivity index (χ0n) is 24.5. The molecule has 202 valence electrons. The molecule has 1 nitrogen and oxygen atoms in total. The van der Waals surface area contributed by atoms with Crippen molar-refractivity contribution < 1.29 is 0 Å². The molecule has 0 fully saturated rings. The number of nitrogens with zero attached hydrogens (tertiary/aromatic N) is 1. The highest BCUT2D eigenvalue weighted by Gasteiger charge is 2.46. The van der Waals surface area contributed by atoms with Gasteiger partial charge in [-0.1, -0.05) is 117 Å². The van der Waals surface area contributed by atoms with Crippen molar-refractivity contribution in [3.63, 3.8) is 0 Å². The molecule has 2 heterocycles. The summed E-state index contributed by atoms with van der Waals surface area (Å²) in [5.41, 5.74) is 11.4. The van der Waals surface area contributed by atoms with Gasteiger partial charge >= 0.3 is 6.85 Å². The van der Waals surface area contributed by atoms with Gasteiger partial charge in [-0.2, -0.15) is 0 Å². The van der Waals surface area contributed by atoms with Crippen LogP contribution in [0.4, 0.5) is 5.69 Å². The minimum absolute atomic E-state index is 0.306. The summed E-state index contributed by atoms with van der Waals surface area (Å²) in [5, 5.41) is 0. The van der Waals surface area contributed by atoms with Gasteiger partial charge < -0.3 is 4.81 Å². The lowest BCUT2D eigenvalue weighted by atomic mass is 9.38. The van der Waals surface area contributed by atoms with E-state index in [-0.39, 0.29) is 0 Å². The van der Waals surface area contributed by atoms with Gasteiger partial charge in [0.25, 0.3) is 0 Å². The SMILES string of the molecule is C=CCCC(=C)/C=C/C=C\C1Cc2ccccc2N2B1C1=CCCCC(/C=C/CCC)=C1C(/C=C\C)=C2CC. The molecule has 2 aliphatic heterocycles. The first-order valence-corrected chi connectivity index (χ1v) is 15.1. The van der Waals surface area contributed by atoms with Crippen molar-refractivity contribution in [1.82, 2.24) is 0 Å². The van der Waals surface area contributed by atoms with Gasteiger partial charge in [-0.3, -0.25) is 0 Å². The van der Waals surface area contributed by atoms with Crippen molar-refractivity contribution in [3.05, 3.63) is 137 Å². The first-order chi connectivity index (χ1) is 19.1. The summed E-state index contributed by atoms with van der Waals surface area (Å²) in [6.07, 6.45) is 32.9. The van der Waals surface area contributed by atoms with E-state index in [1.54, 1.807) is 0 Å². The van der Waals surface area contributed by atoms with Crippen LogP contribution in [-0.2, 0) is 6.42 Å². The van der Waals surface area contributed by atoms with E-state index >= 15 is 0 Å². The monoisotopic (exact) mass is 515 g/mol. The summed E-state index contributed by atoms with van der Waals surface area (Å²) in [7, 11) is 0. The maximum absolute atomic E-state index is 4.21. The number of hydrogen-bond acceptors (Lipinski definition) is 1. The smallest absolute Gasteiger partial charge is 0.301 e. The fourth-order valence-electron chi connectivity index (χ4n) is 6.35. The summed E-state index contributed by atoms with van der Waals surface area (Å²) in [6, 6.07) is 9.07. The Bertz CT molecular complexity index is 1260. The second kappa shape index (κ2) is 14.2. The van der Waals surface area contributed by atoms with Crippen LogP contribution < -0.4 is 4.81 Å². The molecule has 2 heteroatoms. The standard InChI is InChI=1S/C37H46BN/c1-6-10-12-22-30-23-14-17-26-34-37(30)33(19-8-3)35(9-4)39-36-27-18-15-24-31(36)28-32(38(34)39)25-16-13-21-29(5)20-11-7-2/h7-8,12-13,15-16,18-19,21-22,24-27,32H,2,5-6,9-11,14,17,20,23,28H2,1,3-4H3/b19-8-,21-13+,22-12+,25-16-. The first-order valence-electron chi connectivity index (χ1n) is 15.1. The normalized spacial score (nSPS) is 19.7. The van der Waals surface area contributed by atoms with Crippen LogP contribution in [0.1, 0.15) is 77.7 Å². The Morgan fingerprint density at radius 2 is 1.97 bits per heavy atom. The Kier molecular flexibility index (Phi) is 10.5. The molecular weight excluding hydrogens is 469 g/mol. The van der Waals surface area contributed by atoms with Crippen LogP contribution in [0.25, 0.3) is 0 Å². The number of unbranched alkanes of at least 4 members (excludes halogenated alkanes) is 1. The van der Waals surface area contributed by atoms with Gasteiger partial charge in [-0.05, 0) is 92.5 Å². The number of anilines is 1. The third-order valence-electron chi connectivity index (χ3n) is 8.12. The molecule has 1 aromatic rings. The fraction of sp³-hybridized carbons (Fsp3) is 0.351. The van der Waals surface area contributed by atoms with Crippen LogP contribution in [0.3, 0.4) is 0 Å². The van der Waals surface area contributed by atoms with Crippen molar-refractivity contribution >= 4 is 12.5 Å². The maximum atomic E-state index is 4.21. The van der Waals surface area contributed by atoms with Crippen molar-refractivity contribution in [2.45, 2.75) is 84.4 Å². The van der Waals surface area contributed by atoms with Crippen LogP contribution in [-0.4, -0.2) is 6.85 Å². The Labute approximate surface area is 238 Å². The van der Waals surface area contributed by atoms with Gasteiger partial charge in [-0.25, -0.2) is 0 Å². The lowest BCUT2D eigenvalue weighted by Crippen LogP contribution is -2.51. The highest BCUT2D eigenvalue weighted by molar-refractivity contribution is 6.75. The van der Waals surface area contributed by atoms with Crippen LogP contribution in [0.5, 0.6) is 0 Å². The van der Waals surface area contributed by atoms with Gasteiger partial charge in [0, 0.05) is 11.4 Å². The molecule has 39 heavy (non-hydrogen) atoms. The Morgan fingerprint density at radius 3 is 2.74 bits per heavy atom. The summed E-state index contributed by atoms with van der Waals surface area (Å²) < 4.78 is 0.